The van der Waals surface area contributed by atoms with E-state index in [0.29, 0.717) is 0 Å². The van der Waals surface area contributed by atoms with Crippen molar-refractivity contribution in [2.45, 2.75) is 26.6 Å². The largest absolute Gasteiger partial charge is 2.00 e. The van der Waals surface area contributed by atoms with Gasteiger partial charge in [0.05, 0.1) is 42.8 Å². The van der Waals surface area contributed by atoms with Gasteiger partial charge in [0.25, 0.3) is 0 Å². The van der Waals surface area contributed by atoms with Gasteiger partial charge in [-0.25, -0.2) is 0 Å². The van der Waals surface area contributed by atoms with Crippen LogP contribution in [-0.4, -0.2) is 87.6 Å². The van der Waals surface area contributed by atoms with Crippen LogP contribution < -0.4 is 0 Å². The zero-order valence-electron chi connectivity index (χ0n) is 24.9. The van der Waals surface area contributed by atoms with Crippen LogP contribution >= 0.6 is 8.37 Å². The van der Waals surface area contributed by atoms with Gasteiger partial charge >= 0.3 is 31.3 Å². The molecule has 6 rings (SSSR count). The van der Waals surface area contributed by atoms with Gasteiger partial charge in [0.1, 0.15) is 0 Å². The van der Waals surface area contributed by atoms with Crippen LogP contribution in [0.4, 0.5) is 34.5 Å². The van der Waals surface area contributed by atoms with E-state index in [2.05, 4.69) is 70.3 Å². The van der Waals surface area contributed by atoms with E-state index >= 15 is 0 Å². The molecule has 6 heterocycles. The van der Waals surface area contributed by atoms with Crippen LogP contribution in [0.3, 0.4) is 0 Å². The third-order valence-corrected chi connectivity index (χ3v) is 8.99. The standard InChI is InChI=1S/C24H30N7P.C2H3N.2BF4.Co/c1-4-10-25-22(7-1)19-29-16-13-28-14-17-30(20-23-8-2-5-11-26-23)32(29)31(18-15-28)21-24-9-3-6-12-27-24;1-2-3;2*2-1(3,4)5;/h1-12H,13-21H2;1H3;;;/q;;2*-1;+2/p+1. The number of pyridine rings is 3. The average molecular weight is 722 g/mol. The van der Waals surface area contributed by atoms with Crippen LogP contribution in [0, 0.1) is 11.3 Å². The topological polar surface area (TPSA) is 75.4 Å². The van der Waals surface area contributed by atoms with E-state index < -0.39 is 22.9 Å². The van der Waals surface area contributed by atoms with Crippen LogP contribution in [-0.2, 0) is 36.4 Å². The van der Waals surface area contributed by atoms with Crippen molar-refractivity contribution in [1.29, 1.82) is 5.26 Å². The summed E-state index contributed by atoms with van der Waals surface area (Å²) in [5.74, 6) is 0. The van der Waals surface area contributed by atoms with E-state index in [1.165, 1.54) is 6.92 Å². The number of nitriles is 1. The first kappa shape index (κ1) is 41.3. The predicted molar refractivity (Wildman–Crippen MR) is 160 cm³/mol. The Morgan fingerprint density at radius 3 is 1.09 bits per heavy atom. The minimum atomic E-state index is -6.00. The van der Waals surface area contributed by atoms with Gasteiger partial charge in [-0.05, 0) is 36.4 Å². The first-order valence-electron chi connectivity index (χ1n) is 13.9. The van der Waals surface area contributed by atoms with Crippen LogP contribution in [0.5, 0.6) is 0 Å². The van der Waals surface area contributed by atoms with Crippen molar-refractivity contribution in [2.24, 2.45) is 0 Å². The molecular weight excluding hydrogens is 688 g/mol. The van der Waals surface area contributed by atoms with Crippen molar-refractivity contribution in [3.63, 3.8) is 0 Å². The number of nitrogens with zero attached hydrogens (tertiary/aromatic N) is 8. The molecule has 3 fully saturated rings. The monoisotopic (exact) mass is 722 g/mol. The Bertz CT molecular complexity index is 1120. The molecule has 0 unspecified atom stereocenters. The molecule has 3 aliphatic rings. The van der Waals surface area contributed by atoms with E-state index in [0.717, 1.165) is 76.0 Å². The fourth-order valence-electron chi connectivity index (χ4n) is 4.53. The molecule has 0 aromatic carbocycles. The normalized spacial score (nSPS) is 18.7. The van der Waals surface area contributed by atoms with Crippen molar-refractivity contribution in [2.75, 3.05) is 39.3 Å². The second-order valence-corrected chi connectivity index (χ2v) is 12.1. The fourth-order valence-corrected chi connectivity index (χ4v) is 7.54. The van der Waals surface area contributed by atoms with Crippen molar-refractivity contribution in [3.8, 4) is 6.07 Å². The maximum Gasteiger partial charge on any atom is 2.00 e. The summed E-state index contributed by atoms with van der Waals surface area (Å²) in [7, 11) is -13.2. The number of hydrogen-bond acceptors (Lipinski definition) is 8. The van der Waals surface area contributed by atoms with Crippen LogP contribution in [0.2, 0.25) is 0 Å². The number of halogens is 8. The van der Waals surface area contributed by atoms with Crippen molar-refractivity contribution < 1.29 is 51.3 Å². The molecule has 0 spiro atoms. The van der Waals surface area contributed by atoms with Gasteiger partial charge in [-0.15, -0.1) is 14.0 Å². The Morgan fingerprint density at radius 2 is 0.870 bits per heavy atom. The summed E-state index contributed by atoms with van der Waals surface area (Å²) in [6, 6.07) is 20.4. The number of hydrogen-bond donors (Lipinski definition) is 0. The minimum Gasteiger partial charge on any atom is -0.418 e. The maximum absolute atomic E-state index is 9.75. The molecule has 1 radical (unpaired) electrons. The third kappa shape index (κ3) is 18.4. The zero-order valence-corrected chi connectivity index (χ0v) is 26.9. The van der Waals surface area contributed by atoms with Crippen LogP contribution in [0.1, 0.15) is 24.0 Å². The average Bonchev–Trinajstić information content (AvgIpc) is 2.94. The quantitative estimate of drug-likeness (QED) is 0.172. The number of rotatable bonds is 6. The molecule has 46 heavy (non-hydrogen) atoms. The second kappa shape index (κ2) is 21.2. The van der Waals surface area contributed by atoms with E-state index in [1.807, 2.05) is 36.8 Å². The molecule has 8 nitrogen and oxygen atoms in total. The molecular formula is C26H34B2CoF8N8P+. The van der Waals surface area contributed by atoms with E-state index in [-0.39, 0.29) is 16.8 Å². The third-order valence-electron chi connectivity index (χ3n) is 6.14. The molecule has 20 heteroatoms. The molecule has 2 bridgehead atoms. The molecule has 3 saturated heterocycles. The Kier molecular flexibility index (Phi) is 19.1. The first-order valence-corrected chi connectivity index (χ1v) is 15.2. The smallest absolute Gasteiger partial charge is 0.418 e. The summed E-state index contributed by atoms with van der Waals surface area (Å²) in [4.78, 5) is 16.6. The van der Waals surface area contributed by atoms with Crippen molar-refractivity contribution in [3.05, 3.63) is 90.3 Å². The van der Waals surface area contributed by atoms with Crippen molar-refractivity contribution >= 4 is 22.9 Å². The molecule has 0 atom stereocenters. The molecule has 3 aromatic rings. The van der Waals surface area contributed by atoms with Gasteiger partial charge in [-0.2, -0.15) is 5.26 Å². The predicted octanol–water partition coefficient (Wildman–Crippen LogP) is 6.09. The van der Waals surface area contributed by atoms with Crippen LogP contribution in [0.25, 0.3) is 0 Å². The SMILES string of the molecule is CC#N.F[B-](F)(F)F.F[B-](F)(F)F.[Co+2].c1ccc(CN2CCN3CCN(Cc4ccccn4)[PH+]2N(Cc2ccccn2)CC3)nc1. The molecule has 3 aliphatic heterocycles. The van der Waals surface area contributed by atoms with Crippen LogP contribution in [0.15, 0.2) is 73.2 Å². The van der Waals surface area contributed by atoms with Gasteiger partial charge in [0.15, 0.2) is 0 Å². The Hall–Kier alpha value is -2.71. The molecule has 253 valence electrons. The summed E-state index contributed by atoms with van der Waals surface area (Å²) in [5.41, 5.74) is 3.41. The summed E-state index contributed by atoms with van der Waals surface area (Å²) in [5, 5.41) is 7.32. The molecule has 3 aromatic heterocycles. The number of fused-ring (bicyclic) bond motifs is 6. The molecule has 0 N–H and O–H groups in total. The summed E-state index contributed by atoms with van der Waals surface area (Å²) < 4.78 is 86.1. The van der Waals surface area contributed by atoms with Gasteiger partial charge in [0.2, 0.25) is 8.37 Å². The molecule has 0 amide bonds. The molecule has 0 saturated carbocycles. The van der Waals surface area contributed by atoms with Gasteiger partial charge in [0, 0.05) is 64.8 Å². The van der Waals surface area contributed by atoms with E-state index in [9.17, 15) is 34.5 Å². The minimum absolute atomic E-state index is 0. The van der Waals surface area contributed by atoms with Crippen molar-refractivity contribution in [1.82, 2.24) is 33.9 Å². The van der Waals surface area contributed by atoms with E-state index in [4.69, 9.17) is 5.26 Å². The summed E-state index contributed by atoms with van der Waals surface area (Å²) in [6.45, 7) is 10.6. The van der Waals surface area contributed by atoms with Gasteiger partial charge < -0.3 is 34.5 Å². The second-order valence-electron chi connectivity index (χ2n) is 9.58. The Balaban J connectivity index is 0.000000647. The maximum atomic E-state index is 9.75. The van der Waals surface area contributed by atoms with Gasteiger partial charge in [-0.1, -0.05) is 18.2 Å². The fraction of sp³-hybridized carbons (Fsp3) is 0.385. The Morgan fingerprint density at radius 1 is 0.609 bits per heavy atom. The number of aromatic nitrogens is 3. The summed E-state index contributed by atoms with van der Waals surface area (Å²) >= 11 is 0. The van der Waals surface area contributed by atoms with Gasteiger partial charge in [-0.3, -0.25) is 19.9 Å². The summed E-state index contributed by atoms with van der Waals surface area (Å²) in [6.07, 6.45) is 5.71. The molecule has 0 aliphatic carbocycles. The van der Waals surface area contributed by atoms with E-state index in [1.54, 1.807) is 6.07 Å². The first-order chi connectivity index (χ1) is 21.3. The Labute approximate surface area is 275 Å². The zero-order chi connectivity index (χ0) is 33.3.